The minimum Gasteiger partial charge on any atom is -0.497 e. The molecule has 0 heterocycles. The molecule has 21 heavy (non-hydrogen) atoms. The zero-order valence-electron chi connectivity index (χ0n) is 11.3. The van der Waals surface area contributed by atoms with Crippen molar-refractivity contribution in [3.63, 3.8) is 0 Å². The summed E-state index contributed by atoms with van der Waals surface area (Å²) in [5.41, 5.74) is 0.969. The molecule has 112 valence electrons. The van der Waals surface area contributed by atoms with Crippen molar-refractivity contribution in [1.82, 2.24) is 0 Å². The lowest BCUT2D eigenvalue weighted by atomic mass is 10.0. The fraction of sp³-hybridized carbons (Fsp3) is 0.250. The zero-order chi connectivity index (χ0) is 15.5. The first-order valence-electron chi connectivity index (χ1n) is 6.34. The van der Waals surface area contributed by atoms with Crippen LogP contribution in [-0.4, -0.2) is 7.11 Å². The molecule has 2 aromatic carbocycles. The van der Waals surface area contributed by atoms with Crippen molar-refractivity contribution in [3.8, 4) is 5.75 Å². The summed E-state index contributed by atoms with van der Waals surface area (Å²) < 4.78 is 43.3. The summed E-state index contributed by atoms with van der Waals surface area (Å²) >= 11 is 3.46. The lowest BCUT2D eigenvalue weighted by Gasteiger charge is -2.14. The molecule has 0 N–H and O–H groups in total. The van der Waals surface area contributed by atoms with Crippen molar-refractivity contribution < 1.29 is 17.9 Å². The van der Waals surface area contributed by atoms with Crippen molar-refractivity contribution in [2.45, 2.75) is 17.4 Å². The molecule has 0 aliphatic heterocycles. The van der Waals surface area contributed by atoms with Gasteiger partial charge in [-0.1, -0.05) is 46.3 Å². The van der Waals surface area contributed by atoms with Crippen LogP contribution in [0.25, 0.3) is 0 Å². The lowest BCUT2D eigenvalue weighted by Crippen LogP contribution is -2.06. The summed E-state index contributed by atoms with van der Waals surface area (Å²) in [6, 6.07) is 12.9. The van der Waals surface area contributed by atoms with Gasteiger partial charge in [-0.15, -0.1) is 0 Å². The number of methoxy groups -OCH3 is 1. The molecule has 0 bridgehead atoms. The van der Waals surface area contributed by atoms with E-state index >= 15 is 0 Å². The highest BCUT2D eigenvalue weighted by molar-refractivity contribution is 9.09. The Morgan fingerprint density at radius 1 is 1.10 bits per heavy atom. The van der Waals surface area contributed by atoms with Crippen LogP contribution in [-0.2, 0) is 12.6 Å². The maximum Gasteiger partial charge on any atom is 0.416 e. The quantitative estimate of drug-likeness (QED) is 0.665. The van der Waals surface area contributed by atoms with E-state index in [1.807, 2.05) is 24.3 Å². The number of ether oxygens (including phenoxy) is 1. The number of rotatable bonds is 4. The Morgan fingerprint density at radius 2 is 1.81 bits per heavy atom. The van der Waals surface area contributed by atoms with E-state index in [0.717, 1.165) is 17.4 Å². The van der Waals surface area contributed by atoms with E-state index in [9.17, 15) is 13.2 Å². The SMILES string of the molecule is COc1cccc(CC(Br)c2cccc(C(F)(F)F)c2)c1. The maximum atomic E-state index is 12.7. The molecule has 1 unspecified atom stereocenters. The highest BCUT2D eigenvalue weighted by Gasteiger charge is 2.30. The van der Waals surface area contributed by atoms with Crippen molar-refractivity contribution >= 4 is 15.9 Å². The van der Waals surface area contributed by atoms with Gasteiger partial charge in [-0.2, -0.15) is 13.2 Å². The third-order valence-electron chi connectivity index (χ3n) is 3.12. The van der Waals surface area contributed by atoms with Crippen LogP contribution in [0.15, 0.2) is 48.5 Å². The molecule has 0 saturated heterocycles. The van der Waals surface area contributed by atoms with Gasteiger partial charge in [0.05, 0.1) is 12.7 Å². The molecule has 0 fully saturated rings. The summed E-state index contributed by atoms with van der Waals surface area (Å²) in [6.45, 7) is 0. The van der Waals surface area contributed by atoms with Crippen molar-refractivity contribution in [2.24, 2.45) is 0 Å². The van der Waals surface area contributed by atoms with Gasteiger partial charge in [0.1, 0.15) is 5.75 Å². The molecule has 0 amide bonds. The molecule has 0 aromatic heterocycles. The van der Waals surface area contributed by atoms with Crippen molar-refractivity contribution in [2.75, 3.05) is 7.11 Å². The molecule has 2 aromatic rings. The topological polar surface area (TPSA) is 9.23 Å². The lowest BCUT2D eigenvalue weighted by molar-refractivity contribution is -0.137. The van der Waals surface area contributed by atoms with Crippen LogP contribution in [0.4, 0.5) is 13.2 Å². The second kappa shape index (κ2) is 6.52. The van der Waals surface area contributed by atoms with Crippen LogP contribution in [0.1, 0.15) is 21.5 Å². The largest absolute Gasteiger partial charge is 0.497 e. The summed E-state index contributed by atoms with van der Waals surface area (Å²) in [7, 11) is 1.58. The van der Waals surface area contributed by atoms with Crippen LogP contribution < -0.4 is 4.74 Å². The molecule has 0 spiro atoms. The Morgan fingerprint density at radius 3 is 2.48 bits per heavy atom. The highest BCUT2D eigenvalue weighted by Crippen LogP contribution is 2.34. The first-order valence-corrected chi connectivity index (χ1v) is 7.26. The van der Waals surface area contributed by atoms with Crippen LogP contribution >= 0.6 is 15.9 Å². The van der Waals surface area contributed by atoms with Gasteiger partial charge in [-0.3, -0.25) is 0 Å². The number of halogens is 4. The molecule has 5 heteroatoms. The first-order chi connectivity index (χ1) is 9.90. The Kier molecular flexibility index (Phi) is 4.93. The molecule has 1 nitrogen and oxygen atoms in total. The maximum absolute atomic E-state index is 12.7. The summed E-state index contributed by atoms with van der Waals surface area (Å²) in [5, 5.41) is 0. The Hall–Kier alpha value is -1.49. The third kappa shape index (κ3) is 4.24. The zero-order valence-corrected chi connectivity index (χ0v) is 12.9. The number of hydrogen-bond donors (Lipinski definition) is 0. The minimum absolute atomic E-state index is 0.188. The molecular weight excluding hydrogens is 345 g/mol. The number of alkyl halides is 4. The second-order valence-electron chi connectivity index (χ2n) is 4.65. The van der Waals surface area contributed by atoms with Gasteiger partial charge in [0.25, 0.3) is 0 Å². The van der Waals surface area contributed by atoms with Crippen molar-refractivity contribution in [1.29, 1.82) is 0 Å². The second-order valence-corrected chi connectivity index (χ2v) is 5.75. The molecule has 0 aliphatic rings. The smallest absolute Gasteiger partial charge is 0.416 e. The number of benzene rings is 2. The van der Waals surface area contributed by atoms with Crippen LogP contribution in [0.5, 0.6) is 5.75 Å². The minimum atomic E-state index is -4.32. The monoisotopic (exact) mass is 358 g/mol. The predicted octanol–water partition coefficient (Wildman–Crippen LogP) is 5.39. The Balaban J connectivity index is 2.18. The molecule has 0 radical (unpaired) electrons. The van der Waals surface area contributed by atoms with E-state index < -0.39 is 11.7 Å². The standard InChI is InChI=1S/C16H14BrF3O/c1-21-14-7-2-4-11(8-14)9-15(17)12-5-3-6-13(10-12)16(18,19)20/h2-8,10,15H,9H2,1H3. The summed E-state index contributed by atoms with van der Waals surface area (Å²) in [4.78, 5) is -0.188. The van der Waals surface area contributed by atoms with E-state index in [-0.39, 0.29) is 4.83 Å². The van der Waals surface area contributed by atoms with E-state index in [2.05, 4.69) is 15.9 Å². The van der Waals surface area contributed by atoms with Gasteiger partial charge in [0.15, 0.2) is 0 Å². The van der Waals surface area contributed by atoms with E-state index in [1.165, 1.54) is 12.1 Å². The van der Waals surface area contributed by atoms with Crippen molar-refractivity contribution in [3.05, 3.63) is 65.2 Å². The van der Waals surface area contributed by atoms with Gasteiger partial charge in [-0.05, 0) is 35.7 Å². The summed E-state index contributed by atoms with van der Waals surface area (Å²) in [5.74, 6) is 0.733. The average Bonchev–Trinajstić information content (AvgIpc) is 2.46. The fourth-order valence-corrected chi connectivity index (χ4v) is 2.69. The summed E-state index contributed by atoms with van der Waals surface area (Å²) in [6.07, 6.45) is -3.74. The Bertz CT molecular complexity index is 610. The predicted molar refractivity (Wildman–Crippen MR) is 79.8 cm³/mol. The Labute approximate surface area is 129 Å². The average molecular weight is 359 g/mol. The third-order valence-corrected chi connectivity index (χ3v) is 3.98. The van der Waals surface area contributed by atoms with Gasteiger partial charge < -0.3 is 4.74 Å². The highest BCUT2D eigenvalue weighted by atomic mass is 79.9. The van der Waals surface area contributed by atoms with E-state index in [4.69, 9.17) is 4.74 Å². The first kappa shape index (κ1) is 15.9. The van der Waals surface area contributed by atoms with E-state index in [0.29, 0.717) is 12.0 Å². The van der Waals surface area contributed by atoms with Gasteiger partial charge in [0.2, 0.25) is 0 Å². The van der Waals surface area contributed by atoms with Gasteiger partial charge in [-0.25, -0.2) is 0 Å². The molecule has 1 atom stereocenters. The van der Waals surface area contributed by atoms with Crippen LogP contribution in [0.2, 0.25) is 0 Å². The molecular formula is C16H14BrF3O. The van der Waals surface area contributed by atoms with Gasteiger partial charge >= 0.3 is 6.18 Å². The van der Waals surface area contributed by atoms with Crippen LogP contribution in [0, 0.1) is 0 Å². The molecule has 2 rings (SSSR count). The fourth-order valence-electron chi connectivity index (χ4n) is 2.03. The molecule has 0 saturated carbocycles. The normalized spacial score (nSPS) is 13.0. The van der Waals surface area contributed by atoms with Gasteiger partial charge in [0, 0.05) is 4.83 Å². The van der Waals surface area contributed by atoms with Crippen LogP contribution in [0.3, 0.4) is 0 Å². The van der Waals surface area contributed by atoms with E-state index in [1.54, 1.807) is 13.2 Å². The molecule has 0 aliphatic carbocycles. The number of hydrogen-bond acceptors (Lipinski definition) is 1.